The second kappa shape index (κ2) is 8.35. The average Bonchev–Trinajstić information content (AvgIpc) is 3.12. The van der Waals surface area contributed by atoms with Crippen molar-refractivity contribution in [3.05, 3.63) is 59.8 Å². The van der Waals surface area contributed by atoms with E-state index < -0.39 is 0 Å². The lowest BCUT2D eigenvalue weighted by atomic mass is 10.1. The molecule has 1 aromatic heterocycles. The van der Waals surface area contributed by atoms with Crippen LogP contribution in [0.15, 0.2) is 48.7 Å². The van der Waals surface area contributed by atoms with Crippen LogP contribution in [0.25, 0.3) is 11.3 Å². The van der Waals surface area contributed by atoms with Gasteiger partial charge in [0.15, 0.2) is 0 Å². The molecule has 2 aromatic carbocycles. The molecule has 0 saturated heterocycles. The maximum atomic E-state index is 12.2. The molecular formula is C20H22N4O3. The standard InChI is InChI=1S/C20H22N4O3/c1-4-21-20(25)14-9-10-19(16(11-14)17-12-24(2)23-22-17)27-13-15-7-5-6-8-18(15)26-3/h5-12H,4,13H2,1-3H3,(H,21,25). The lowest BCUT2D eigenvalue weighted by Gasteiger charge is -2.13. The first kappa shape index (κ1) is 18.4. The fourth-order valence-electron chi connectivity index (χ4n) is 2.71. The van der Waals surface area contributed by atoms with Crippen molar-refractivity contribution in [2.24, 2.45) is 7.05 Å². The summed E-state index contributed by atoms with van der Waals surface area (Å²) in [4.78, 5) is 12.2. The Morgan fingerprint density at radius 3 is 2.70 bits per heavy atom. The Bertz CT molecular complexity index is 936. The van der Waals surface area contributed by atoms with Gasteiger partial charge in [-0.3, -0.25) is 9.48 Å². The topological polar surface area (TPSA) is 78.3 Å². The summed E-state index contributed by atoms with van der Waals surface area (Å²) in [6, 6.07) is 13.0. The van der Waals surface area contributed by atoms with Gasteiger partial charge in [0.25, 0.3) is 5.91 Å². The summed E-state index contributed by atoms with van der Waals surface area (Å²) >= 11 is 0. The molecule has 7 nitrogen and oxygen atoms in total. The van der Waals surface area contributed by atoms with Gasteiger partial charge in [0.2, 0.25) is 0 Å². The first-order valence-corrected chi connectivity index (χ1v) is 8.66. The van der Waals surface area contributed by atoms with E-state index in [-0.39, 0.29) is 5.91 Å². The molecule has 3 rings (SSSR count). The van der Waals surface area contributed by atoms with Gasteiger partial charge in [0.1, 0.15) is 23.8 Å². The fraction of sp³-hybridized carbons (Fsp3) is 0.250. The van der Waals surface area contributed by atoms with E-state index in [0.717, 1.165) is 11.3 Å². The molecule has 0 unspecified atom stereocenters. The number of hydrogen-bond donors (Lipinski definition) is 1. The van der Waals surface area contributed by atoms with E-state index in [1.165, 1.54) is 0 Å². The van der Waals surface area contributed by atoms with Crippen molar-refractivity contribution >= 4 is 5.91 Å². The summed E-state index contributed by atoms with van der Waals surface area (Å²) in [5.74, 6) is 1.24. The third kappa shape index (κ3) is 4.25. The van der Waals surface area contributed by atoms with Gasteiger partial charge in [0, 0.05) is 30.3 Å². The number of benzene rings is 2. The van der Waals surface area contributed by atoms with E-state index in [4.69, 9.17) is 9.47 Å². The second-order valence-electron chi connectivity index (χ2n) is 5.95. The molecule has 1 amide bonds. The van der Waals surface area contributed by atoms with Gasteiger partial charge < -0.3 is 14.8 Å². The summed E-state index contributed by atoms with van der Waals surface area (Å²) in [6.07, 6.45) is 1.78. The lowest BCUT2D eigenvalue weighted by Crippen LogP contribution is -2.22. The van der Waals surface area contributed by atoms with Crippen LogP contribution in [0.4, 0.5) is 0 Å². The van der Waals surface area contributed by atoms with Crippen molar-refractivity contribution in [1.29, 1.82) is 0 Å². The van der Waals surface area contributed by atoms with Gasteiger partial charge in [-0.1, -0.05) is 23.4 Å². The molecule has 0 aliphatic rings. The van der Waals surface area contributed by atoms with Crippen molar-refractivity contribution in [2.45, 2.75) is 13.5 Å². The number of carbonyl (C=O) groups excluding carboxylic acids is 1. The maximum absolute atomic E-state index is 12.2. The highest BCUT2D eigenvalue weighted by molar-refractivity contribution is 5.95. The summed E-state index contributed by atoms with van der Waals surface area (Å²) in [7, 11) is 3.42. The highest BCUT2D eigenvalue weighted by Gasteiger charge is 2.15. The molecule has 0 aliphatic heterocycles. The summed E-state index contributed by atoms with van der Waals surface area (Å²) in [5, 5.41) is 10.9. The van der Waals surface area contributed by atoms with Crippen molar-refractivity contribution in [3.63, 3.8) is 0 Å². The number of aryl methyl sites for hydroxylation is 1. The largest absolute Gasteiger partial charge is 0.496 e. The number of aromatic nitrogens is 3. The Balaban J connectivity index is 1.92. The maximum Gasteiger partial charge on any atom is 0.251 e. The van der Waals surface area contributed by atoms with Crippen molar-refractivity contribution in [3.8, 4) is 22.8 Å². The first-order valence-electron chi connectivity index (χ1n) is 8.66. The Kier molecular flexibility index (Phi) is 5.71. The predicted molar refractivity (Wildman–Crippen MR) is 102 cm³/mol. The lowest BCUT2D eigenvalue weighted by molar-refractivity contribution is 0.0956. The zero-order chi connectivity index (χ0) is 19.2. The molecular weight excluding hydrogens is 344 g/mol. The van der Waals surface area contributed by atoms with Crippen molar-refractivity contribution < 1.29 is 14.3 Å². The van der Waals surface area contributed by atoms with Gasteiger partial charge in [0.05, 0.1) is 13.3 Å². The first-order chi connectivity index (χ1) is 13.1. The number of nitrogens with one attached hydrogen (secondary N) is 1. The van der Waals surface area contributed by atoms with Crippen LogP contribution in [-0.2, 0) is 13.7 Å². The average molecular weight is 366 g/mol. The van der Waals surface area contributed by atoms with Crippen molar-refractivity contribution in [1.82, 2.24) is 20.3 Å². The monoisotopic (exact) mass is 366 g/mol. The Labute approximate surface area is 157 Å². The third-order valence-corrected chi connectivity index (χ3v) is 4.03. The number of rotatable bonds is 7. The smallest absolute Gasteiger partial charge is 0.251 e. The number of carbonyl (C=O) groups is 1. The number of nitrogens with zero attached hydrogens (tertiary/aromatic N) is 3. The molecule has 0 spiro atoms. The van der Waals surface area contributed by atoms with Crippen LogP contribution in [0.1, 0.15) is 22.8 Å². The number of amides is 1. The van der Waals surface area contributed by atoms with E-state index >= 15 is 0 Å². The molecule has 3 aromatic rings. The van der Waals surface area contributed by atoms with E-state index in [2.05, 4.69) is 15.6 Å². The molecule has 1 heterocycles. The Hall–Kier alpha value is -3.35. The minimum atomic E-state index is -0.140. The summed E-state index contributed by atoms with van der Waals surface area (Å²) < 4.78 is 13.0. The zero-order valence-corrected chi connectivity index (χ0v) is 15.6. The molecule has 0 radical (unpaired) electrons. The fourth-order valence-corrected chi connectivity index (χ4v) is 2.71. The zero-order valence-electron chi connectivity index (χ0n) is 15.6. The van der Waals surface area contributed by atoms with Crippen LogP contribution in [0.5, 0.6) is 11.5 Å². The molecule has 0 aliphatic carbocycles. The van der Waals surface area contributed by atoms with Gasteiger partial charge in [-0.25, -0.2) is 0 Å². The molecule has 0 bridgehead atoms. The molecule has 27 heavy (non-hydrogen) atoms. The number of para-hydroxylation sites is 1. The predicted octanol–water partition coefficient (Wildman–Crippen LogP) is 2.82. The Morgan fingerprint density at radius 2 is 2.00 bits per heavy atom. The number of methoxy groups -OCH3 is 1. The molecule has 140 valence electrons. The van der Waals surface area contributed by atoms with Gasteiger partial charge in [-0.2, -0.15) is 0 Å². The van der Waals surface area contributed by atoms with Gasteiger partial charge in [-0.05, 0) is 31.2 Å². The van der Waals surface area contributed by atoms with Gasteiger partial charge in [-0.15, -0.1) is 5.10 Å². The quantitative estimate of drug-likeness (QED) is 0.696. The van der Waals surface area contributed by atoms with Crippen LogP contribution in [0, 0.1) is 0 Å². The van der Waals surface area contributed by atoms with E-state index in [1.54, 1.807) is 43.2 Å². The van der Waals surface area contributed by atoms with Crippen molar-refractivity contribution in [2.75, 3.05) is 13.7 Å². The van der Waals surface area contributed by atoms with Crippen LogP contribution >= 0.6 is 0 Å². The van der Waals surface area contributed by atoms with Crippen LogP contribution in [-0.4, -0.2) is 34.6 Å². The normalized spacial score (nSPS) is 10.5. The Morgan fingerprint density at radius 1 is 1.19 bits per heavy atom. The molecule has 1 N–H and O–H groups in total. The van der Waals surface area contributed by atoms with Crippen LogP contribution < -0.4 is 14.8 Å². The number of hydrogen-bond acceptors (Lipinski definition) is 5. The highest BCUT2D eigenvalue weighted by atomic mass is 16.5. The number of ether oxygens (including phenoxy) is 2. The molecule has 0 atom stereocenters. The van der Waals surface area contributed by atoms with E-state index in [9.17, 15) is 4.79 Å². The minimum Gasteiger partial charge on any atom is -0.496 e. The van der Waals surface area contributed by atoms with E-state index in [1.807, 2.05) is 31.2 Å². The molecule has 0 fully saturated rings. The van der Waals surface area contributed by atoms with Gasteiger partial charge >= 0.3 is 0 Å². The molecule has 0 saturated carbocycles. The van der Waals surface area contributed by atoms with E-state index in [0.29, 0.717) is 35.7 Å². The minimum absolute atomic E-state index is 0.140. The highest BCUT2D eigenvalue weighted by Crippen LogP contribution is 2.31. The molecule has 7 heteroatoms. The van der Waals surface area contributed by atoms with Crippen LogP contribution in [0.3, 0.4) is 0 Å². The van der Waals surface area contributed by atoms with Crippen LogP contribution in [0.2, 0.25) is 0 Å². The SMILES string of the molecule is CCNC(=O)c1ccc(OCc2ccccc2OC)c(-c2cn(C)nn2)c1. The third-order valence-electron chi connectivity index (χ3n) is 4.03. The summed E-state index contributed by atoms with van der Waals surface area (Å²) in [6.45, 7) is 2.77. The second-order valence-corrected chi connectivity index (χ2v) is 5.95. The summed E-state index contributed by atoms with van der Waals surface area (Å²) in [5.41, 5.74) is 2.82.